The van der Waals surface area contributed by atoms with Gasteiger partial charge in [-0.05, 0) is 307 Å². The predicted molar refractivity (Wildman–Crippen MR) is 621 cm³/mol. The second-order valence-corrected chi connectivity index (χ2v) is 37.7. The normalized spacial score (nSPS) is 11.2. The van der Waals surface area contributed by atoms with Crippen LogP contribution >= 0.6 is 0 Å². The Kier molecular flexibility index (Phi) is 24.5. The first-order chi connectivity index (χ1) is 73.2. The molecule has 2 aromatic heterocycles. The van der Waals surface area contributed by atoms with Crippen molar-refractivity contribution in [3.8, 4) is 191 Å². The van der Waals surface area contributed by atoms with Gasteiger partial charge in [-0.2, -0.15) is 0 Å². The summed E-state index contributed by atoms with van der Waals surface area (Å²) >= 11 is 0. The fraction of sp³-hybridized carbons (Fsp3) is 0. The molecule has 6 heteroatoms. The summed E-state index contributed by atoms with van der Waals surface area (Å²) in [5.41, 5.74) is 31.3. The summed E-state index contributed by atoms with van der Waals surface area (Å²) in [6, 6.07) is 203. The Hall–Kier alpha value is -19.7. The third-order valence-electron chi connectivity index (χ3n) is 28.1. The lowest BCUT2D eigenvalue weighted by molar-refractivity contribution is 1.07. The van der Waals surface area contributed by atoms with Gasteiger partial charge in [-0.1, -0.05) is 461 Å². The van der Waals surface area contributed by atoms with Gasteiger partial charge in [0.25, 0.3) is 0 Å². The lowest BCUT2D eigenvalue weighted by Crippen LogP contribution is -2.01. The Bertz CT molecular complexity index is 9100. The van der Waals surface area contributed by atoms with Crippen molar-refractivity contribution in [1.82, 2.24) is 29.9 Å². The van der Waals surface area contributed by atoms with E-state index in [-0.39, 0.29) is 0 Å². The molecule has 27 rings (SSSR count). The number of rotatable bonds is 17. The smallest absolute Gasteiger partial charge is 0.164 e. The number of aromatic nitrogens is 6. The fourth-order valence-electron chi connectivity index (χ4n) is 20.2. The second-order valence-electron chi connectivity index (χ2n) is 37.7. The average Bonchev–Trinajstić information content (AvgIpc) is 0.773. The van der Waals surface area contributed by atoms with E-state index in [1.807, 2.05) is 24.3 Å². The molecule has 0 fully saturated rings. The molecule has 0 unspecified atom stereocenters. The van der Waals surface area contributed by atoms with Crippen LogP contribution < -0.4 is 0 Å². The first kappa shape index (κ1) is 89.7. The van der Waals surface area contributed by atoms with Crippen molar-refractivity contribution in [3.05, 3.63) is 570 Å². The highest BCUT2D eigenvalue weighted by molar-refractivity contribution is 5.97. The lowest BCUT2D eigenvalue weighted by Gasteiger charge is -2.14. The van der Waals surface area contributed by atoms with Crippen LogP contribution in [0.5, 0.6) is 0 Å². The topological polar surface area (TPSA) is 77.3 Å². The standard InChI is InChI=1S/C49H33N3.C48H32.C45H29N3/c1-5-15-34(16-6-1)41-28-42(35-17-7-2-8-18-35)31-45(30-41)48-50-47(40-26-25-38-23-13-14-24-39(38)27-40)51-49(52-48)46-32-43(36-19-9-3-10-20-36)29-44(33-46)37-21-11-4-12-22-37;1-4-10-40-27-43(24-21-33(40)7-1)36-13-17-38(18-14-36)46-30-47(32-48(31-46)45-26-23-35-9-3-6-12-42(35)29-45)39-19-15-37(16-20-39)44-25-22-34-8-2-5-11-41(34)28-44;1-4-12-33-25-38(22-19-30(33)9-1)36-15-7-17-40(28-36)43-46-44(48-45(47-43)42-24-21-32-11-3-6-14-35(32)27-42)41-18-8-16-37(29-41)39-23-20-31-10-2-5-13-34(31)26-39/h1-33H;1-32H;1-29H. The van der Waals surface area contributed by atoms with Gasteiger partial charge in [0.15, 0.2) is 34.9 Å². The number of fused-ring (bicyclic) bond motifs is 7. The highest BCUT2D eigenvalue weighted by Crippen LogP contribution is 2.43. The minimum absolute atomic E-state index is 0.620. The van der Waals surface area contributed by atoms with E-state index in [1.165, 1.54) is 120 Å². The molecule has 6 nitrogen and oxygen atoms in total. The van der Waals surface area contributed by atoms with Gasteiger partial charge in [-0.15, -0.1) is 0 Å². The van der Waals surface area contributed by atoms with Gasteiger partial charge in [0.2, 0.25) is 0 Å². The van der Waals surface area contributed by atoms with Crippen LogP contribution in [0.15, 0.2) is 570 Å². The minimum atomic E-state index is 0.620. The van der Waals surface area contributed by atoms with Gasteiger partial charge in [-0.3, -0.25) is 0 Å². The number of hydrogen-bond donors (Lipinski definition) is 0. The number of benzene rings is 25. The molecule has 2 heterocycles. The summed E-state index contributed by atoms with van der Waals surface area (Å²) in [5, 5.41) is 17.1. The van der Waals surface area contributed by atoms with Crippen LogP contribution in [0.4, 0.5) is 0 Å². The Morgan fingerprint density at radius 1 is 0.0676 bits per heavy atom. The molecule has 0 aliphatic heterocycles. The molecule has 0 spiro atoms. The van der Waals surface area contributed by atoms with E-state index < -0.39 is 0 Å². The van der Waals surface area contributed by atoms with Crippen molar-refractivity contribution >= 4 is 75.4 Å². The SMILES string of the molecule is c1cc(-c2ccc3ccccc3c2)cc(-c2nc(-c3cccc(-c4ccc5ccccc5c4)c3)nc(-c3ccc4ccccc4c3)n2)c1.c1ccc(-c2cc(-c3ccccc3)cc(-c3nc(-c4cc(-c5ccccc5)cc(-c5ccccc5)c4)nc(-c4ccc5ccccc5c4)n3)c2)cc1.c1ccc2cc(-c3ccc(-c4cc(-c5ccc(-c6ccc7ccccc7c6)cc5)cc(-c5ccc6ccccc6c5)c4)cc3)ccc2c1. The molecule has 0 saturated carbocycles. The van der Waals surface area contributed by atoms with Crippen molar-refractivity contribution in [1.29, 1.82) is 0 Å². The van der Waals surface area contributed by atoms with Crippen LogP contribution in [-0.4, -0.2) is 29.9 Å². The molecule has 27 aromatic rings. The molecule has 0 aliphatic carbocycles. The lowest BCUT2D eigenvalue weighted by atomic mass is 9.91. The molecule has 0 bridgehead atoms. The quantitative estimate of drug-likeness (QED) is 0.0904. The summed E-state index contributed by atoms with van der Waals surface area (Å²) in [7, 11) is 0. The molecule has 148 heavy (non-hydrogen) atoms. The van der Waals surface area contributed by atoms with Crippen LogP contribution in [0.25, 0.3) is 266 Å². The maximum Gasteiger partial charge on any atom is 0.164 e. The average molecular weight is 1880 g/mol. The molecular weight excluding hydrogens is 1790 g/mol. The molecule has 0 radical (unpaired) electrons. The van der Waals surface area contributed by atoms with Gasteiger partial charge in [0, 0.05) is 33.4 Å². The molecule has 25 aromatic carbocycles. The zero-order chi connectivity index (χ0) is 98.4. The van der Waals surface area contributed by atoms with E-state index >= 15 is 0 Å². The van der Waals surface area contributed by atoms with E-state index in [0.717, 1.165) is 111 Å². The maximum atomic E-state index is 5.28. The van der Waals surface area contributed by atoms with E-state index in [9.17, 15) is 0 Å². The van der Waals surface area contributed by atoms with Crippen molar-refractivity contribution in [3.63, 3.8) is 0 Å². The molecule has 692 valence electrons. The largest absolute Gasteiger partial charge is 0.208 e. The van der Waals surface area contributed by atoms with Crippen LogP contribution in [-0.2, 0) is 0 Å². The summed E-state index contributed by atoms with van der Waals surface area (Å²) < 4.78 is 0. The van der Waals surface area contributed by atoms with E-state index in [2.05, 4.69) is 546 Å². The second kappa shape index (κ2) is 40.4. The molecule has 0 N–H and O–H groups in total. The summed E-state index contributed by atoms with van der Waals surface area (Å²) in [4.78, 5) is 31.0. The van der Waals surface area contributed by atoms with E-state index in [0.29, 0.717) is 34.9 Å². The number of hydrogen-bond acceptors (Lipinski definition) is 6. The Morgan fingerprint density at radius 3 is 0.426 bits per heavy atom. The third kappa shape index (κ3) is 19.3. The molecule has 0 atom stereocenters. The van der Waals surface area contributed by atoms with Gasteiger partial charge >= 0.3 is 0 Å². The monoisotopic (exact) mass is 1880 g/mol. The Labute approximate surface area is 860 Å². The minimum Gasteiger partial charge on any atom is -0.208 e. The first-order valence-electron chi connectivity index (χ1n) is 50.3. The van der Waals surface area contributed by atoms with Crippen LogP contribution in [0.3, 0.4) is 0 Å². The van der Waals surface area contributed by atoms with Gasteiger partial charge in [-0.25, -0.2) is 29.9 Å². The zero-order valence-electron chi connectivity index (χ0n) is 81.0. The summed E-state index contributed by atoms with van der Waals surface area (Å²) in [5.74, 6) is 3.80. The van der Waals surface area contributed by atoms with Crippen LogP contribution in [0.2, 0.25) is 0 Å². The molecule has 0 saturated heterocycles. The zero-order valence-corrected chi connectivity index (χ0v) is 81.0. The molecular formula is C142H94N6. The van der Waals surface area contributed by atoms with Crippen molar-refractivity contribution in [2.45, 2.75) is 0 Å². The maximum absolute atomic E-state index is 5.28. The van der Waals surface area contributed by atoms with Crippen LogP contribution in [0, 0.1) is 0 Å². The third-order valence-corrected chi connectivity index (χ3v) is 28.1. The first-order valence-corrected chi connectivity index (χ1v) is 50.3. The van der Waals surface area contributed by atoms with Crippen molar-refractivity contribution in [2.75, 3.05) is 0 Å². The van der Waals surface area contributed by atoms with Crippen molar-refractivity contribution < 1.29 is 0 Å². The summed E-state index contributed by atoms with van der Waals surface area (Å²) in [6.07, 6.45) is 0. The molecule has 0 aliphatic rings. The van der Waals surface area contributed by atoms with Crippen molar-refractivity contribution in [2.24, 2.45) is 0 Å². The van der Waals surface area contributed by atoms with E-state index in [4.69, 9.17) is 29.9 Å². The Morgan fingerprint density at radius 2 is 0.189 bits per heavy atom. The summed E-state index contributed by atoms with van der Waals surface area (Å²) in [6.45, 7) is 0. The van der Waals surface area contributed by atoms with Gasteiger partial charge in [0.1, 0.15) is 0 Å². The molecule has 0 amide bonds. The van der Waals surface area contributed by atoms with Crippen LogP contribution in [0.1, 0.15) is 0 Å². The Balaban J connectivity index is 0.000000115. The van der Waals surface area contributed by atoms with E-state index in [1.54, 1.807) is 0 Å². The van der Waals surface area contributed by atoms with Gasteiger partial charge in [0.05, 0.1) is 0 Å². The predicted octanol–water partition coefficient (Wildman–Crippen LogP) is 37.8. The number of nitrogens with zero attached hydrogens (tertiary/aromatic N) is 6. The highest BCUT2D eigenvalue weighted by Gasteiger charge is 2.22. The van der Waals surface area contributed by atoms with Gasteiger partial charge < -0.3 is 0 Å². The fourth-order valence-corrected chi connectivity index (χ4v) is 20.2. The highest BCUT2D eigenvalue weighted by atomic mass is 15.0.